The Bertz CT molecular complexity index is 412. The molecule has 0 aliphatic heterocycles. The van der Waals surface area contributed by atoms with Crippen molar-refractivity contribution in [1.29, 1.82) is 0 Å². The normalized spacial score (nSPS) is 12.5. The molecule has 0 aromatic carbocycles. The molecule has 0 aliphatic rings. The van der Waals surface area contributed by atoms with E-state index in [1.54, 1.807) is 18.3 Å². The highest BCUT2D eigenvalue weighted by Gasteiger charge is 2.16. The molecular weight excluding hydrogens is 249 g/mol. The zero-order chi connectivity index (χ0) is 13.7. The monoisotopic (exact) mass is 269 g/mol. The first-order valence-electron chi connectivity index (χ1n) is 5.77. The standard InChI is InChI=1S/C12H20N3O2P/c1-9(8-15(3)18)7-14(2)11-10(12(16)17)5-4-6-13-11/h4-6,9H,7-8,18H2,1-3H3,(H,16,17). The fraction of sp³-hybridized carbons (Fsp3) is 0.500. The summed E-state index contributed by atoms with van der Waals surface area (Å²) < 4.78 is 2.04. The van der Waals surface area contributed by atoms with Crippen molar-refractivity contribution in [3.63, 3.8) is 0 Å². The van der Waals surface area contributed by atoms with Crippen LogP contribution in [0.2, 0.25) is 0 Å². The summed E-state index contributed by atoms with van der Waals surface area (Å²) in [6.45, 7) is 3.81. The minimum absolute atomic E-state index is 0.242. The van der Waals surface area contributed by atoms with Gasteiger partial charge in [0.25, 0.3) is 0 Å². The van der Waals surface area contributed by atoms with Crippen LogP contribution in [0.15, 0.2) is 18.3 Å². The lowest BCUT2D eigenvalue weighted by atomic mass is 10.1. The average Bonchev–Trinajstić information content (AvgIpc) is 2.27. The predicted octanol–water partition coefficient (Wildman–Crippen LogP) is 1.57. The second kappa shape index (κ2) is 6.66. The van der Waals surface area contributed by atoms with E-state index >= 15 is 0 Å². The third kappa shape index (κ3) is 4.24. The van der Waals surface area contributed by atoms with Crippen molar-refractivity contribution in [1.82, 2.24) is 9.65 Å². The van der Waals surface area contributed by atoms with Crippen LogP contribution in [0.25, 0.3) is 0 Å². The van der Waals surface area contributed by atoms with Gasteiger partial charge in [-0.25, -0.2) is 9.78 Å². The van der Waals surface area contributed by atoms with Gasteiger partial charge in [-0.1, -0.05) is 16.3 Å². The summed E-state index contributed by atoms with van der Waals surface area (Å²) in [7, 11) is 6.48. The molecule has 0 amide bonds. The van der Waals surface area contributed by atoms with Gasteiger partial charge in [-0.05, 0) is 25.1 Å². The van der Waals surface area contributed by atoms with E-state index in [4.69, 9.17) is 5.11 Å². The van der Waals surface area contributed by atoms with E-state index in [2.05, 4.69) is 21.3 Å². The van der Waals surface area contributed by atoms with Crippen molar-refractivity contribution in [2.45, 2.75) is 6.92 Å². The predicted molar refractivity (Wildman–Crippen MR) is 76.0 cm³/mol. The van der Waals surface area contributed by atoms with Gasteiger partial charge in [-0.15, -0.1) is 0 Å². The number of carboxylic acid groups (broad SMARTS) is 1. The molecule has 1 aromatic heterocycles. The van der Waals surface area contributed by atoms with E-state index in [0.717, 1.165) is 13.1 Å². The van der Waals surface area contributed by atoms with Gasteiger partial charge < -0.3 is 10.0 Å². The molecule has 0 spiro atoms. The number of aromatic carboxylic acids is 1. The Balaban J connectivity index is 2.78. The molecule has 0 radical (unpaired) electrons. The van der Waals surface area contributed by atoms with Crippen LogP contribution in [0, 0.1) is 5.92 Å². The second-order valence-corrected chi connectivity index (χ2v) is 5.49. The fourth-order valence-corrected chi connectivity index (χ4v) is 2.33. The van der Waals surface area contributed by atoms with Crippen LogP contribution < -0.4 is 4.90 Å². The summed E-state index contributed by atoms with van der Waals surface area (Å²) >= 11 is 0. The van der Waals surface area contributed by atoms with Crippen molar-refractivity contribution in [2.24, 2.45) is 5.92 Å². The van der Waals surface area contributed by atoms with Crippen molar-refractivity contribution in [3.05, 3.63) is 23.9 Å². The SMILES string of the molecule is CC(CN(C)P)CN(C)c1ncccc1C(=O)O. The first-order chi connectivity index (χ1) is 8.41. The first kappa shape index (κ1) is 14.9. The summed E-state index contributed by atoms with van der Waals surface area (Å²) in [6, 6.07) is 3.22. The largest absolute Gasteiger partial charge is 0.478 e. The zero-order valence-corrected chi connectivity index (χ0v) is 12.2. The fourth-order valence-electron chi connectivity index (χ4n) is 1.97. The van der Waals surface area contributed by atoms with Crippen LogP contribution in [-0.2, 0) is 0 Å². The molecule has 1 aromatic rings. The number of hydrogen-bond donors (Lipinski definition) is 1. The Hall–Kier alpha value is -1.19. The number of rotatable bonds is 6. The van der Waals surface area contributed by atoms with Gasteiger partial charge in [0.2, 0.25) is 0 Å². The van der Waals surface area contributed by atoms with E-state index in [-0.39, 0.29) is 5.56 Å². The minimum atomic E-state index is -0.944. The molecule has 5 nitrogen and oxygen atoms in total. The highest BCUT2D eigenvalue weighted by Crippen LogP contribution is 2.17. The van der Waals surface area contributed by atoms with Crippen LogP contribution in [0.1, 0.15) is 17.3 Å². The van der Waals surface area contributed by atoms with Gasteiger partial charge in [-0.3, -0.25) is 4.67 Å². The molecular formula is C12H20N3O2P. The highest BCUT2D eigenvalue weighted by molar-refractivity contribution is 7.13. The molecule has 18 heavy (non-hydrogen) atoms. The minimum Gasteiger partial charge on any atom is -0.478 e. The van der Waals surface area contributed by atoms with Crippen LogP contribution in [0.3, 0.4) is 0 Å². The van der Waals surface area contributed by atoms with Gasteiger partial charge in [0.05, 0.1) is 0 Å². The smallest absolute Gasteiger partial charge is 0.339 e. The van der Waals surface area contributed by atoms with Crippen molar-refractivity contribution < 1.29 is 9.90 Å². The summed E-state index contributed by atoms with van der Waals surface area (Å²) in [5, 5.41) is 9.12. The number of carboxylic acids is 1. The number of pyridine rings is 1. The quantitative estimate of drug-likeness (QED) is 0.794. The molecule has 1 N–H and O–H groups in total. The lowest BCUT2D eigenvalue weighted by molar-refractivity contribution is 0.0697. The maximum Gasteiger partial charge on any atom is 0.339 e. The molecule has 0 saturated carbocycles. The maximum absolute atomic E-state index is 11.1. The van der Waals surface area contributed by atoms with E-state index in [0.29, 0.717) is 11.7 Å². The van der Waals surface area contributed by atoms with Crippen LogP contribution in [0.5, 0.6) is 0 Å². The molecule has 2 atom stereocenters. The second-order valence-electron chi connectivity index (χ2n) is 4.60. The summed E-state index contributed by atoms with van der Waals surface area (Å²) in [5.41, 5.74) is 0.242. The third-order valence-electron chi connectivity index (χ3n) is 2.56. The van der Waals surface area contributed by atoms with E-state index in [9.17, 15) is 4.79 Å². The number of carbonyl (C=O) groups is 1. The molecule has 0 aliphatic carbocycles. The Morgan fingerprint density at radius 1 is 1.50 bits per heavy atom. The van der Waals surface area contributed by atoms with Crippen molar-refractivity contribution in [3.8, 4) is 0 Å². The molecule has 0 fully saturated rings. The molecule has 100 valence electrons. The summed E-state index contributed by atoms with van der Waals surface area (Å²) in [4.78, 5) is 17.2. The number of hydrogen-bond acceptors (Lipinski definition) is 4. The van der Waals surface area contributed by atoms with E-state index in [1.165, 1.54) is 0 Å². The Morgan fingerprint density at radius 2 is 2.17 bits per heavy atom. The average molecular weight is 269 g/mol. The molecule has 1 rings (SSSR count). The van der Waals surface area contributed by atoms with Gasteiger partial charge in [0.15, 0.2) is 0 Å². The Morgan fingerprint density at radius 3 is 2.72 bits per heavy atom. The van der Waals surface area contributed by atoms with Crippen LogP contribution in [-0.4, -0.2) is 47.9 Å². The van der Waals surface area contributed by atoms with Gasteiger partial charge >= 0.3 is 5.97 Å². The summed E-state index contributed by atoms with van der Waals surface area (Å²) in [5.74, 6) is -0.00909. The lowest BCUT2D eigenvalue weighted by Crippen LogP contribution is -2.30. The van der Waals surface area contributed by atoms with Crippen LogP contribution in [0.4, 0.5) is 5.82 Å². The Labute approximate surface area is 110 Å². The van der Waals surface area contributed by atoms with Gasteiger partial charge in [0.1, 0.15) is 11.4 Å². The number of aromatic nitrogens is 1. The topological polar surface area (TPSA) is 56.7 Å². The first-order valence-corrected chi connectivity index (χ1v) is 6.28. The zero-order valence-electron chi connectivity index (χ0n) is 11.0. The number of nitrogens with zero attached hydrogens (tertiary/aromatic N) is 3. The van der Waals surface area contributed by atoms with Gasteiger partial charge in [0, 0.05) is 26.3 Å². The van der Waals surface area contributed by atoms with Crippen LogP contribution >= 0.6 is 9.39 Å². The van der Waals surface area contributed by atoms with E-state index < -0.39 is 5.97 Å². The lowest BCUT2D eigenvalue weighted by Gasteiger charge is -2.25. The Kier molecular flexibility index (Phi) is 5.51. The molecule has 6 heteroatoms. The summed E-state index contributed by atoms with van der Waals surface area (Å²) in [6.07, 6.45) is 1.62. The van der Waals surface area contributed by atoms with Crippen molar-refractivity contribution >= 4 is 21.2 Å². The third-order valence-corrected chi connectivity index (χ3v) is 2.77. The number of anilines is 1. The molecule has 1 heterocycles. The van der Waals surface area contributed by atoms with E-state index in [1.807, 2.05) is 23.7 Å². The van der Waals surface area contributed by atoms with Crippen molar-refractivity contribution in [2.75, 3.05) is 32.1 Å². The highest BCUT2D eigenvalue weighted by atomic mass is 31.0. The molecule has 2 unspecified atom stereocenters. The molecule has 0 saturated heterocycles. The maximum atomic E-state index is 11.1. The molecule has 0 bridgehead atoms. The van der Waals surface area contributed by atoms with Gasteiger partial charge in [-0.2, -0.15) is 0 Å².